The third-order valence-electron chi connectivity index (χ3n) is 9.29. The van der Waals surface area contributed by atoms with Crippen LogP contribution in [0.4, 0.5) is 0 Å². The van der Waals surface area contributed by atoms with Crippen molar-refractivity contribution < 1.29 is 14.4 Å². The molecule has 5 aliphatic carbocycles. The van der Waals surface area contributed by atoms with Gasteiger partial charge in [0, 0.05) is 18.3 Å². The van der Waals surface area contributed by atoms with Crippen molar-refractivity contribution in [2.75, 3.05) is 6.61 Å². The Labute approximate surface area is 185 Å². The van der Waals surface area contributed by atoms with Gasteiger partial charge < -0.3 is 10.0 Å². The first kappa shape index (κ1) is 21.3. The van der Waals surface area contributed by atoms with Gasteiger partial charge in [0.05, 0.1) is 18.1 Å². The molecule has 0 aliphatic heterocycles. The Balaban J connectivity index is 1.64. The van der Waals surface area contributed by atoms with Gasteiger partial charge in [0.2, 0.25) is 0 Å². The number of hydroxylamine groups is 2. The van der Waals surface area contributed by atoms with Gasteiger partial charge in [-0.15, -0.1) is 0 Å². The Bertz CT molecular complexity index is 930. The van der Waals surface area contributed by atoms with Gasteiger partial charge in [0.15, 0.2) is 5.78 Å². The van der Waals surface area contributed by atoms with E-state index in [1.807, 2.05) is 0 Å². The lowest BCUT2D eigenvalue weighted by Gasteiger charge is -2.55. The molecule has 3 unspecified atom stereocenters. The number of nitrogens with zero attached hydrogens (tertiary/aromatic N) is 1. The van der Waals surface area contributed by atoms with Crippen LogP contribution in [0.25, 0.3) is 0 Å². The molecule has 0 heterocycles. The Kier molecular flexibility index (Phi) is 4.96. The number of allylic oxidation sites excluding steroid dienone is 3. The minimum atomic E-state index is -0.476. The molecular weight excluding hydrogens is 390 g/mol. The van der Waals surface area contributed by atoms with E-state index in [9.17, 15) is 14.8 Å². The van der Waals surface area contributed by atoms with E-state index in [0.717, 1.165) is 66.9 Å². The summed E-state index contributed by atoms with van der Waals surface area (Å²) in [4.78, 5) is 31.2. The molecule has 4 atom stereocenters. The Morgan fingerprint density at radius 2 is 1.97 bits per heavy atom. The lowest BCUT2D eigenvalue weighted by atomic mass is 9.51. The molecule has 168 valence electrons. The number of carbonyl (C=O) groups is 2. The molecule has 0 amide bonds. The quantitative estimate of drug-likeness (QED) is 0.439. The third-order valence-corrected chi connectivity index (χ3v) is 9.29. The third kappa shape index (κ3) is 2.79. The maximum Gasteiger partial charge on any atom is 0.155 e. The summed E-state index contributed by atoms with van der Waals surface area (Å²) in [6, 6.07) is -0.476. The fourth-order valence-corrected chi connectivity index (χ4v) is 7.35. The van der Waals surface area contributed by atoms with E-state index < -0.39 is 11.5 Å². The summed E-state index contributed by atoms with van der Waals surface area (Å²) in [7, 11) is 0. The van der Waals surface area contributed by atoms with E-state index in [4.69, 9.17) is 4.84 Å². The number of rotatable bonds is 5. The van der Waals surface area contributed by atoms with Crippen LogP contribution in [0.2, 0.25) is 0 Å². The number of hydrogen-bond donors (Lipinski definition) is 0. The van der Waals surface area contributed by atoms with Crippen molar-refractivity contribution in [2.24, 2.45) is 16.2 Å². The number of hydrogen-bond acceptors (Lipinski definition) is 5. The molecule has 5 aliphatic rings. The van der Waals surface area contributed by atoms with Gasteiger partial charge in [-0.05, 0) is 67.6 Å². The predicted molar refractivity (Wildman–Crippen MR) is 119 cm³/mol. The van der Waals surface area contributed by atoms with E-state index in [0.29, 0.717) is 31.7 Å². The molecule has 0 aromatic carbocycles. The van der Waals surface area contributed by atoms with Crippen LogP contribution >= 0.6 is 0 Å². The van der Waals surface area contributed by atoms with Crippen molar-refractivity contribution in [2.45, 2.75) is 91.0 Å². The first-order chi connectivity index (χ1) is 14.8. The van der Waals surface area contributed by atoms with Crippen molar-refractivity contribution >= 4 is 11.6 Å². The van der Waals surface area contributed by atoms with Crippen molar-refractivity contribution in [3.63, 3.8) is 0 Å². The van der Waals surface area contributed by atoms with Crippen LogP contribution in [0.15, 0.2) is 34.4 Å². The Hall–Kier alpha value is -1.56. The van der Waals surface area contributed by atoms with E-state index in [2.05, 4.69) is 26.8 Å². The van der Waals surface area contributed by atoms with Crippen molar-refractivity contribution in [1.82, 2.24) is 5.23 Å². The molecular formula is C26H34NO4-. The van der Waals surface area contributed by atoms with Crippen LogP contribution in [0.1, 0.15) is 85.0 Å². The topological polar surface area (TPSA) is 69.7 Å². The predicted octanol–water partition coefficient (Wildman–Crippen LogP) is 5.36. The highest BCUT2D eigenvalue weighted by Crippen LogP contribution is 2.70. The van der Waals surface area contributed by atoms with Crippen LogP contribution in [0.3, 0.4) is 0 Å². The SMILES string of the molecule is CCCCON([O-])C1CC2=CC(=O)CCC2(C)C2=C1C1=CC[C@@]3(C)CCC(=O)C13CC2. The summed E-state index contributed by atoms with van der Waals surface area (Å²) in [6.45, 7) is 6.98. The van der Waals surface area contributed by atoms with Crippen LogP contribution in [0, 0.1) is 21.5 Å². The Morgan fingerprint density at radius 3 is 2.74 bits per heavy atom. The number of Topliss-reactive ketones (excluding diaryl/α,β-unsaturated/α-hetero) is 1. The zero-order chi connectivity index (χ0) is 22.0. The van der Waals surface area contributed by atoms with Crippen molar-refractivity contribution in [3.05, 3.63) is 39.7 Å². The fraction of sp³-hybridized carbons (Fsp3) is 0.692. The smallest absolute Gasteiger partial charge is 0.155 e. The highest BCUT2D eigenvalue weighted by molar-refractivity contribution is 5.95. The Morgan fingerprint density at radius 1 is 1.16 bits per heavy atom. The maximum absolute atomic E-state index is 13.3. The highest BCUT2D eigenvalue weighted by atomic mass is 16.9. The maximum atomic E-state index is 13.3. The molecule has 1 fully saturated rings. The van der Waals surface area contributed by atoms with Gasteiger partial charge in [0.1, 0.15) is 5.78 Å². The number of carbonyl (C=O) groups excluding carboxylic acids is 2. The van der Waals surface area contributed by atoms with Crippen LogP contribution in [-0.4, -0.2) is 29.4 Å². The van der Waals surface area contributed by atoms with Crippen LogP contribution < -0.4 is 0 Å². The van der Waals surface area contributed by atoms with Gasteiger partial charge in [-0.1, -0.05) is 44.4 Å². The van der Waals surface area contributed by atoms with E-state index in [-0.39, 0.29) is 16.6 Å². The van der Waals surface area contributed by atoms with E-state index in [1.54, 1.807) is 6.08 Å². The molecule has 5 rings (SSSR count). The zero-order valence-electron chi connectivity index (χ0n) is 19.1. The molecule has 0 aromatic rings. The molecule has 31 heavy (non-hydrogen) atoms. The molecule has 1 spiro atoms. The molecule has 0 N–H and O–H groups in total. The average Bonchev–Trinajstić information content (AvgIpc) is 3.18. The number of fused-ring (bicyclic) bond motifs is 3. The van der Waals surface area contributed by atoms with E-state index >= 15 is 0 Å². The summed E-state index contributed by atoms with van der Waals surface area (Å²) in [5, 5.41) is 14.1. The normalized spacial score (nSPS) is 39.2. The molecule has 0 aromatic heterocycles. The van der Waals surface area contributed by atoms with Gasteiger partial charge in [0.25, 0.3) is 0 Å². The number of unbranched alkanes of at least 4 members (excludes halogenated alkanes) is 1. The zero-order valence-corrected chi connectivity index (χ0v) is 19.1. The molecule has 0 radical (unpaired) electrons. The summed E-state index contributed by atoms with van der Waals surface area (Å²) in [5.41, 5.74) is 3.90. The van der Waals surface area contributed by atoms with Crippen molar-refractivity contribution in [3.8, 4) is 0 Å². The standard InChI is InChI=1S/C26H34NO4/c1-4-5-14-31-27(30)21-16-17-15-18(28)6-12-25(17,3)19-8-13-26-20(23(19)21)7-10-24(26,2)11-9-22(26)29/h7,15,21H,4-6,8-14,16H2,1-3H3/q-1/t21?,24-,25?,26?/m0/s1. The highest BCUT2D eigenvalue weighted by Gasteiger charge is 2.65. The minimum Gasteiger partial charge on any atom is -0.762 e. The molecule has 0 bridgehead atoms. The second-order valence-corrected chi connectivity index (χ2v) is 10.8. The molecule has 5 heteroatoms. The molecule has 1 saturated carbocycles. The molecule has 0 saturated heterocycles. The van der Waals surface area contributed by atoms with Gasteiger partial charge in [-0.25, -0.2) is 0 Å². The monoisotopic (exact) mass is 424 g/mol. The first-order valence-corrected chi connectivity index (χ1v) is 12.1. The summed E-state index contributed by atoms with van der Waals surface area (Å²) in [5.74, 6) is 0.518. The summed E-state index contributed by atoms with van der Waals surface area (Å²) in [6.07, 6.45) is 11.9. The number of ketones is 2. The van der Waals surface area contributed by atoms with Crippen LogP contribution in [-0.2, 0) is 14.4 Å². The molecule has 5 nitrogen and oxygen atoms in total. The lowest BCUT2D eigenvalue weighted by Crippen LogP contribution is -2.49. The summed E-state index contributed by atoms with van der Waals surface area (Å²) >= 11 is 0. The average molecular weight is 425 g/mol. The first-order valence-electron chi connectivity index (χ1n) is 12.1. The second-order valence-electron chi connectivity index (χ2n) is 10.8. The van der Waals surface area contributed by atoms with Crippen LogP contribution in [0.5, 0.6) is 0 Å². The van der Waals surface area contributed by atoms with Gasteiger partial charge in [-0.3, -0.25) is 14.8 Å². The van der Waals surface area contributed by atoms with Crippen molar-refractivity contribution in [1.29, 1.82) is 0 Å². The van der Waals surface area contributed by atoms with Gasteiger partial charge in [-0.2, -0.15) is 0 Å². The fourth-order valence-electron chi connectivity index (χ4n) is 7.35. The second kappa shape index (κ2) is 7.23. The minimum absolute atomic E-state index is 0.0289. The van der Waals surface area contributed by atoms with Gasteiger partial charge >= 0.3 is 0 Å². The lowest BCUT2D eigenvalue weighted by molar-refractivity contribution is -0.144. The largest absolute Gasteiger partial charge is 0.762 e. The summed E-state index contributed by atoms with van der Waals surface area (Å²) < 4.78 is 0. The van der Waals surface area contributed by atoms with E-state index in [1.165, 1.54) is 5.57 Å².